The highest BCUT2D eigenvalue weighted by molar-refractivity contribution is 9.10. The molecule has 0 fully saturated rings. The van der Waals surface area contributed by atoms with Gasteiger partial charge in [0.1, 0.15) is 17.1 Å². The van der Waals surface area contributed by atoms with Crippen LogP contribution in [0.25, 0.3) is 17.0 Å². The fourth-order valence-corrected chi connectivity index (χ4v) is 4.34. The lowest BCUT2D eigenvalue weighted by Crippen LogP contribution is -2.07. The van der Waals surface area contributed by atoms with Crippen LogP contribution < -0.4 is 18.9 Å². The maximum atomic E-state index is 13.0. The van der Waals surface area contributed by atoms with Crippen LogP contribution in [0.15, 0.2) is 69.2 Å². The van der Waals surface area contributed by atoms with Gasteiger partial charge in [-0.15, -0.1) is 0 Å². The first kappa shape index (κ1) is 20.6. The maximum Gasteiger partial charge on any atom is 0.379 e. The Morgan fingerprint density at radius 1 is 1.00 bits per heavy atom. The molecular formula is C26H15BrO7. The Hall–Kier alpha value is -4.04. The van der Waals surface area contributed by atoms with Gasteiger partial charge in [-0.25, -0.2) is 4.79 Å². The minimum atomic E-state index is -0.646. The number of Topliss-reactive ketones (excluding diaryl/α,β-unsaturated/α-hetero) is 1. The highest BCUT2D eigenvalue weighted by atomic mass is 79.9. The molecule has 8 heteroatoms. The Labute approximate surface area is 201 Å². The van der Waals surface area contributed by atoms with Crippen LogP contribution in [0.2, 0.25) is 0 Å². The summed E-state index contributed by atoms with van der Waals surface area (Å²) in [6.45, 7) is 1.93. The highest BCUT2D eigenvalue weighted by Crippen LogP contribution is 2.39. The first-order valence-corrected chi connectivity index (χ1v) is 11.1. The van der Waals surface area contributed by atoms with Gasteiger partial charge >= 0.3 is 5.97 Å². The number of benzene rings is 3. The first-order chi connectivity index (χ1) is 16.4. The number of allylic oxidation sites excluding steroid dienone is 1. The number of hydrogen-bond acceptors (Lipinski definition) is 7. The van der Waals surface area contributed by atoms with E-state index in [2.05, 4.69) is 15.9 Å². The number of ether oxygens (including phenoxy) is 4. The third kappa shape index (κ3) is 3.52. The molecule has 0 amide bonds. The number of halogens is 1. The van der Waals surface area contributed by atoms with Crippen LogP contribution >= 0.6 is 15.9 Å². The Morgan fingerprint density at radius 3 is 2.74 bits per heavy atom. The molecule has 3 aromatic carbocycles. The number of esters is 1. The molecular weight excluding hydrogens is 504 g/mol. The maximum absolute atomic E-state index is 13.0. The van der Waals surface area contributed by atoms with Crippen LogP contribution in [-0.4, -0.2) is 18.5 Å². The number of fused-ring (bicyclic) bond motifs is 3. The number of hydrogen-bond donors (Lipinski definition) is 0. The molecule has 0 atom stereocenters. The number of rotatable bonds is 3. The molecule has 0 radical (unpaired) electrons. The van der Waals surface area contributed by atoms with Crippen LogP contribution in [0.4, 0.5) is 0 Å². The van der Waals surface area contributed by atoms with E-state index in [9.17, 15) is 9.59 Å². The predicted molar refractivity (Wildman–Crippen MR) is 126 cm³/mol. The van der Waals surface area contributed by atoms with Crippen LogP contribution in [0, 0.1) is 6.92 Å². The molecule has 34 heavy (non-hydrogen) atoms. The van der Waals surface area contributed by atoms with Crippen LogP contribution in [0.1, 0.15) is 32.0 Å². The van der Waals surface area contributed by atoms with Gasteiger partial charge in [-0.2, -0.15) is 0 Å². The molecule has 4 aromatic rings. The second kappa shape index (κ2) is 7.78. The molecule has 0 aliphatic carbocycles. The topological polar surface area (TPSA) is 84.2 Å². The molecule has 6 rings (SSSR count). The Kier molecular flexibility index (Phi) is 4.70. The van der Waals surface area contributed by atoms with E-state index in [1.54, 1.807) is 43.3 Å². The molecule has 2 aliphatic rings. The average molecular weight is 519 g/mol. The Morgan fingerprint density at radius 2 is 1.85 bits per heavy atom. The summed E-state index contributed by atoms with van der Waals surface area (Å²) < 4.78 is 28.5. The summed E-state index contributed by atoms with van der Waals surface area (Å²) in [6.07, 6.45) is 1.64. The van der Waals surface area contributed by atoms with Crippen LogP contribution in [0.5, 0.6) is 23.0 Å². The third-order valence-corrected chi connectivity index (χ3v) is 6.02. The van der Waals surface area contributed by atoms with Gasteiger partial charge in [-0.05, 0) is 66.6 Å². The third-order valence-electron chi connectivity index (χ3n) is 5.53. The number of furan rings is 1. The molecule has 0 unspecified atom stereocenters. The standard InChI is InChI=1S/C26H15BrO7/c1-13-6-17(32-26(29)23-10-15-9-16(27)3-5-18(15)33-23)11-21-24(13)25(28)22(34-21)8-14-2-4-19-20(7-14)31-12-30-19/h2-11H,12H2,1H3/b22-8-. The molecule has 7 nitrogen and oxygen atoms in total. The molecule has 1 aromatic heterocycles. The van der Waals surface area contributed by atoms with Gasteiger partial charge < -0.3 is 23.4 Å². The molecule has 0 saturated heterocycles. The van der Waals surface area contributed by atoms with Crippen molar-refractivity contribution in [1.82, 2.24) is 0 Å². The smallest absolute Gasteiger partial charge is 0.379 e. The van der Waals surface area contributed by atoms with Gasteiger partial charge in [0.15, 0.2) is 17.3 Å². The van der Waals surface area contributed by atoms with Crippen molar-refractivity contribution in [3.05, 3.63) is 87.3 Å². The largest absolute Gasteiger partial charge is 0.454 e. The zero-order valence-corrected chi connectivity index (χ0v) is 19.3. The lowest BCUT2D eigenvalue weighted by atomic mass is 10.0. The van der Waals surface area contributed by atoms with E-state index in [-0.39, 0.29) is 29.8 Å². The quantitative estimate of drug-likeness (QED) is 0.185. The van der Waals surface area contributed by atoms with Gasteiger partial charge in [0, 0.05) is 15.9 Å². The summed E-state index contributed by atoms with van der Waals surface area (Å²) in [6, 6.07) is 15.6. The number of ketones is 1. The molecule has 2 aliphatic heterocycles. The van der Waals surface area contributed by atoms with Crippen molar-refractivity contribution < 1.29 is 33.0 Å². The van der Waals surface area contributed by atoms with Crippen LogP contribution in [-0.2, 0) is 0 Å². The van der Waals surface area contributed by atoms with Crippen molar-refractivity contribution in [2.45, 2.75) is 6.92 Å². The lowest BCUT2D eigenvalue weighted by molar-refractivity contribution is 0.0703. The van der Waals surface area contributed by atoms with E-state index in [0.717, 1.165) is 15.4 Å². The fourth-order valence-electron chi connectivity index (χ4n) is 3.96. The van der Waals surface area contributed by atoms with E-state index in [1.165, 1.54) is 6.07 Å². The predicted octanol–water partition coefficient (Wildman–Crippen LogP) is 6.07. The van der Waals surface area contributed by atoms with E-state index in [0.29, 0.717) is 34.0 Å². The summed E-state index contributed by atoms with van der Waals surface area (Å²) in [5.74, 6) is 1.20. The molecule has 0 saturated carbocycles. The van der Waals surface area contributed by atoms with Gasteiger partial charge in [0.25, 0.3) is 0 Å². The normalized spacial score (nSPS) is 15.0. The summed E-state index contributed by atoms with van der Waals surface area (Å²) in [5.41, 5.74) is 2.38. The minimum Gasteiger partial charge on any atom is -0.454 e. The molecule has 0 N–H and O–H groups in total. The molecule has 3 heterocycles. The number of carbonyl (C=O) groups excluding carboxylic acids is 2. The molecule has 0 spiro atoms. The van der Waals surface area contributed by atoms with E-state index >= 15 is 0 Å². The van der Waals surface area contributed by atoms with E-state index in [4.69, 9.17) is 23.4 Å². The van der Waals surface area contributed by atoms with Gasteiger partial charge in [-0.1, -0.05) is 22.0 Å². The zero-order chi connectivity index (χ0) is 23.4. The second-order valence-corrected chi connectivity index (χ2v) is 8.76. The summed E-state index contributed by atoms with van der Waals surface area (Å²) >= 11 is 3.40. The van der Waals surface area contributed by atoms with Crippen molar-refractivity contribution in [2.24, 2.45) is 0 Å². The van der Waals surface area contributed by atoms with Crippen LogP contribution in [0.3, 0.4) is 0 Å². The first-order valence-electron chi connectivity index (χ1n) is 10.3. The van der Waals surface area contributed by atoms with E-state index in [1.807, 2.05) is 18.2 Å². The molecule has 0 bridgehead atoms. The summed E-state index contributed by atoms with van der Waals surface area (Å²) in [7, 11) is 0. The van der Waals surface area contributed by atoms with Crippen molar-refractivity contribution in [1.29, 1.82) is 0 Å². The van der Waals surface area contributed by atoms with Gasteiger partial charge in [0.2, 0.25) is 18.3 Å². The Bertz CT molecular complexity index is 1550. The number of carbonyl (C=O) groups is 2. The number of aryl methyl sites for hydroxylation is 1. The minimum absolute atomic E-state index is 0.0756. The lowest BCUT2D eigenvalue weighted by Gasteiger charge is -2.06. The van der Waals surface area contributed by atoms with Crippen molar-refractivity contribution in [3.8, 4) is 23.0 Å². The zero-order valence-electron chi connectivity index (χ0n) is 17.7. The van der Waals surface area contributed by atoms with Gasteiger partial charge in [-0.3, -0.25) is 4.79 Å². The van der Waals surface area contributed by atoms with Gasteiger partial charge in [0.05, 0.1) is 5.56 Å². The molecule has 168 valence electrons. The second-order valence-electron chi connectivity index (χ2n) is 7.85. The SMILES string of the molecule is Cc1cc(OC(=O)c2cc3cc(Br)ccc3o2)cc2c1C(=O)/C(=C/c1ccc3c(c1)OCO3)O2. The highest BCUT2D eigenvalue weighted by Gasteiger charge is 2.31. The van der Waals surface area contributed by atoms with Crippen molar-refractivity contribution in [3.63, 3.8) is 0 Å². The van der Waals surface area contributed by atoms with Crippen molar-refractivity contribution >= 4 is 44.7 Å². The summed E-state index contributed by atoms with van der Waals surface area (Å²) in [4.78, 5) is 25.6. The Balaban J connectivity index is 1.26. The van der Waals surface area contributed by atoms with Crippen molar-refractivity contribution in [2.75, 3.05) is 6.79 Å². The summed E-state index contributed by atoms with van der Waals surface area (Å²) in [5, 5.41) is 0.777. The fraction of sp³-hybridized carbons (Fsp3) is 0.0769. The monoisotopic (exact) mass is 518 g/mol. The van der Waals surface area contributed by atoms with E-state index < -0.39 is 5.97 Å². The average Bonchev–Trinajstić information content (AvgIpc) is 3.51.